The van der Waals surface area contributed by atoms with Gasteiger partial charge in [-0.1, -0.05) is 116 Å². The Labute approximate surface area is 251 Å². The van der Waals surface area contributed by atoms with Crippen LogP contribution in [0.4, 0.5) is 0 Å². The maximum Gasteiger partial charge on any atom is 0.209 e. The van der Waals surface area contributed by atoms with Crippen LogP contribution in [-0.4, -0.2) is 4.90 Å². The molecular weight excluding hydrogens is 542 g/mol. The molecule has 1 aliphatic rings. The lowest BCUT2D eigenvalue weighted by atomic mass is 10.3. The first kappa shape index (κ1) is 27.0. The van der Waals surface area contributed by atoms with Crippen molar-refractivity contribution >= 4 is 46.4 Å². The van der Waals surface area contributed by atoms with Gasteiger partial charge >= 0.3 is 0 Å². The third-order valence-corrected chi connectivity index (χ3v) is 21.1. The molecule has 0 aromatic heterocycles. The highest BCUT2D eigenvalue weighted by atomic mass is 31.2. The molecule has 0 amide bonds. The molecule has 1 saturated carbocycles. The molecule has 6 aromatic rings. The summed E-state index contributed by atoms with van der Waals surface area (Å²) in [6.45, 7) is 2.53. The summed E-state index contributed by atoms with van der Waals surface area (Å²) in [7, 11) is -4.54. The summed E-state index contributed by atoms with van der Waals surface area (Å²) in [5.41, 5.74) is 0. The molecule has 0 radical (unpaired) electrons. The monoisotopic (exact) mass is 578 g/mol. The lowest BCUT2D eigenvalue weighted by Crippen LogP contribution is -2.49. The highest BCUT2D eigenvalue weighted by molar-refractivity contribution is 8.12. The van der Waals surface area contributed by atoms with E-state index in [4.69, 9.17) is 0 Å². The fraction of sp³-hybridized carbons (Fsp3) is 0.100. The highest BCUT2D eigenvalue weighted by Gasteiger charge is 2.88. The first-order chi connectivity index (χ1) is 20.8. The fourth-order valence-corrected chi connectivity index (χ4v) is 22.2. The lowest BCUT2D eigenvalue weighted by Gasteiger charge is -2.43. The molecule has 0 aliphatic heterocycles. The molecule has 1 aliphatic carbocycles. The Kier molecular flexibility index (Phi) is 7.15. The van der Waals surface area contributed by atoms with Gasteiger partial charge in [0.2, 0.25) is 4.90 Å². The van der Waals surface area contributed by atoms with Crippen LogP contribution in [-0.2, 0) is 0 Å². The van der Waals surface area contributed by atoms with Gasteiger partial charge in [-0.2, -0.15) is 0 Å². The van der Waals surface area contributed by atoms with Crippen molar-refractivity contribution in [3.8, 4) is 0 Å². The van der Waals surface area contributed by atoms with E-state index < -0.39 is 14.5 Å². The maximum atomic E-state index is 2.53. The summed E-state index contributed by atoms with van der Waals surface area (Å²) in [6.07, 6.45) is 1.17. The minimum Gasteiger partial charge on any atom is -0.0620 e. The zero-order chi connectivity index (χ0) is 28.5. The number of hydrogen-bond donors (Lipinski definition) is 0. The zero-order valence-corrected chi connectivity index (χ0v) is 25.8. The van der Waals surface area contributed by atoms with Gasteiger partial charge in [0.1, 0.15) is 31.8 Å². The van der Waals surface area contributed by atoms with E-state index in [0.29, 0.717) is 5.92 Å². The van der Waals surface area contributed by atoms with E-state index >= 15 is 0 Å². The fourth-order valence-electron chi connectivity index (χ4n) is 7.70. The van der Waals surface area contributed by atoms with Crippen LogP contribution in [0.25, 0.3) is 0 Å². The second-order valence-electron chi connectivity index (χ2n) is 11.3. The summed E-state index contributed by atoms with van der Waals surface area (Å²) >= 11 is 0. The summed E-state index contributed by atoms with van der Waals surface area (Å²) in [5, 5.41) is 8.83. The minimum atomic E-state index is -2.27. The van der Waals surface area contributed by atoms with Crippen LogP contribution in [0.15, 0.2) is 182 Å². The smallest absolute Gasteiger partial charge is 0.0620 e. The molecule has 0 spiro atoms. The van der Waals surface area contributed by atoms with Crippen molar-refractivity contribution in [2.45, 2.75) is 18.2 Å². The average Bonchev–Trinajstić information content (AvgIpc) is 3.76. The van der Waals surface area contributed by atoms with Crippen molar-refractivity contribution in [2.24, 2.45) is 5.92 Å². The molecule has 2 heteroatoms. The van der Waals surface area contributed by atoms with Crippen LogP contribution in [0, 0.1) is 5.92 Å². The van der Waals surface area contributed by atoms with Crippen LogP contribution in [0.1, 0.15) is 13.3 Å². The second kappa shape index (κ2) is 11.1. The van der Waals surface area contributed by atoms with Crippen molar-refractivity contribution in [3.05, 3.63) is 182 Å². The Hall–Kier alpha value is -3.82. The maximum absolute atomic E-state index is 2.53. The van der Waals surface area contributed by atoms with Crippen molar-refractivity contribution in [3.63, 3.8) is 0 Å². The summed E-state index contributed by atoms with van der Waals surface area (Å²) < 4.78 is 0. The molecule has 1 atom stereocenters. The topological polar surface area (TPSA) is 0 Å². The van der Waals surface area contributed by atoms with Crippen LogP contribution in [0.3, 0.4) is 0 Å². The molecule has 42 heavy (non-hydrogen) atoms. The Morgan fingerprint density at radius 1 is 0.357 bits per heavy atom. The van der Waals surface area contributed by atoms with Crippen molar-refractivity contribution in [1.29, 1.82) is 0 Å². The second-order valence-corrected chi connectivity index (χ2v) is 19.1. The van der Waals surface area contributed by atoms with E-state index in [-0.39, 0.29) is 4.90 Å². The van der Waals surface area contributed by atoms with Crippen LogP contribution < -0.4 is 31.8 Å². The molecule has 0 nitrogen and oxygen atoms in total. The van der Waals surface area contributed by atoms with Gasteiger partial charge in [0, 0.05) is 12.3 Å². The number of benzene rings is 6. The van der Waals surface area contributed by atoms with Gasteiger partial charge in [0.25, 0.3) is 0 Å². The van der Waals surface area contributed by atoms with Gasteiger partial charge in [0.15, 0.2) is 14.5 Å². The van der Waals surface area contributed by atoms with Crippen molar-refractivity contribution in [1.82, 2.24) is 0 Å². The zero-order valence-electron chi connectivity index (χ0n) is 24.0. The third kappa shape index (κ3) is 3.90. The predicted octanol–water partition coefficient (Wildman–Crippen LogP) is 7.71. The van der Waals surface area contributed by atoms with Crippen molar-refractivity contribution in [2.75, 3.05) is 0 Å². The summed E-state index contributed by atoms with van der Waals surface area (Å²) in [5.74, 6) is 0.514. The quantitative estimate of drug-likeness (QED) is 0.162. The average molecular weight is 579 g/mol. The largest absolute Gasteiger partial charge is 0.209 e. The first-order valence-electron chi connectivity index (χ1n) is 14.9. The molecule has 1 fully saturated rings. The normalized spacial score (nSPS) is 16.1. The van der Waals surface area contributed by atoms with Gasteiger partial charge in [-0.15, -0.1) is 0 Å². The van der Waals surface area contributed by atoms with Gasteiger partial charge in [-0.3, -0.25) is 0 Å². The van der Waals surface area contributed by atoms with E-state index in [9.17, 15) is 0 Å². The molecule has 0 bridgehead atoms. The van der Waals surface area contributed by atoms with Crippen LogP contribution in [0.2, 0.25) is 0 Å². The number of hydrogen-bond acceptors (Lipinski definition) is 0. The summed E-state index contributed by atoms with van der Waals surface area (Å²) in [4.78, 5) is -0.0197. The van der Waals surface area contributed by atoms with E-state index in [2.05, 4.69) is 189 Å². The van der Waals surface area contributed by atoms with Crippen LogP contribution >= 0.6 is 14.5 Å². The highest BCUT2D eigenvalue weighted by Crippen LogP contribution is 2.93. The first-order valence-corrected chi connectivity index (χ1v) is 18.5. The summed E-state index contributed by atoms with van der Waals surface area (Å²) in [6, 6.07) is 69.2. The molecule has 0 saturated heterocycles. The Morgan fingerprint density at radius 2 is 0.524 bits per heavy atom. The molecule has 0 heterocycles. The molecule has 1 unspecified atom stereocenters. The number of rotatable bonds is 8. The van der Waals surface area contributed by atoms with Gasteiger partial charge in [-0.25, -0.2) is 0 Å². The Bertz CT molecular complexity index is 1420. The molecule has 204 valence electrons. The molecule has 6 aromatic carbocycles. The van der Waals surface area contributed by atoms with Gasteiger partial charge in [0.05, 0.1) is 0 Å². The minimum absolute atomic E-state index is 0.0197. The SMILES string of the molecule is CC1CC1([P+](c1ccccc1)(c1ccccc1)c1ccccc1)[P+](c1ccccc1)(c1ccccc1)c1ccccc1. The molecule has 0 N–H and O–H groups in total. The predicted molar refractivity (Wildman–Crippen MR) is 187 cm³/mol. The molecule has 7 rings (SSSR count). The third-order valence-electron chi connectivity index (χ3n) is 9.26. The lowest BCUT2D eigenvalue weighted by molar-refractivity contribution is 0.961. The Morgan fingerprint density at radius 3 is 0.667 bits per heavy atom. The van der Waals surface area contributed by atoms with E-state index in [0.717, 1.165) is 0 Å². The molecular formula is C40H36P2+2. The van der Waals surface area contributed by atoms with E-state index in [1.54, 1.807) is 0 Å². The van der Waals surface area contributed by atoms with Gasteiger partial charge in [-0.05, 0) is 72.8 Å². The van der Waals surface area contributed by atoms with Crippen LogP contribution in [0.5, 0.6) is 0 Å². The van der Waals surface area contributed by atoms with E-state index in [1.165, 1.54) is 38.2 Å². The van der Waals surface area contributed by atoms with E-state index in [1.807, 2.05) is 0 Å². The Balaban J connectivity index is 1.73. The standard InChI is InChI=1S/C40H36P2/c1-33-32-40(33,41(34-20-8-2-9-21-34,35-22-10-3-11-23-35)36-24-12-4-13-25-36)42(37-26-14-5-15-27-37,38-28-16-6-17-29-38)39-30-18-7-19-31-39/h2-31,33H,32H2,1H3/q+2. The van der Waals surface area contributed by atoms with Crippen molar-refractivity contribution < 1.29 is 0 Å². The van der Waals surface area contributed by atoms with Gasteiger partial charge < -0.3 is 0 Å².